The first-order chi connectivity index (χ1) is 27.0. The normalized spacial score (nSPS) is 13.9. The molecule has 0 amide bonds. The molecule has 300 valence electrons. The van der Waals surface area contributed by atoms with Crippen LogP contribution in [0.25, 0.3) is 68.6 Å². The molecule has 0 radical (unpaired) electrons. The van der Waals surface area contributed by atoms with E-state index >= 15 is 26.3 Å². The number of nitrogens with one attached hydrogen (secondary N) is 2. The van der Waals surface area contributed by atoms with Crippen LogP contribution < -0.4 is 0 Å². The summed E-state index contributed by atoms with van der Waals surface area (Å²) < 4.78 is 190. The topological polar surface area (TPSA) is 100 Å². The summed E-state index contributed by atoms with van der Waals surface area (Å²) in [6.07, 6.45) is -2.62. The number of rotatable bonds is 8. The molecule has 2 N–H and O–H groups in total. The zero-order valence-corrected chi connectivity index (χ0v) is 28.5. The third-order valence-corrected chi connectivity index (χ3v) is 9.28. The van der Waals surface area contributed by atoms with E-state index in [4.69, 9.17) is 0 Å². The SMILES string of the molecule is O=[N+]([O-])c1c2nc(c(-c3ccccc3)c3ccc([nH]3)c(C(F)(F)C(F)(F)C(F)(F)C(F)(F)C(F)(F)C(F)(F)F)c3ccc([nH]3)c(-c3ccccc3)c3nc1C=C3)C=C2. The smallest absolute Gasteiger partial charge is 0.354 e. The first-order valence-electron chi connectivity index (χ1n) is 16.4. The summed E-state index contributed by atoms with van der Waals surface area (Å²) in [7, 11) is 0. The van der Waals surface area contributed by atoms with Gasteiger partial charge in [-0.2, -0.15) is 57.1 Å². The van der Waals surface area contributed by atoms with Gasteiger partial charge in [-0.25, -0.2) is 9.97 Å². The van der Waals surface area contributed by atoms with Gasteiger partial charge < -0.3 is 9.97 Å². The fraction of sp³-hybridized carbons (Fsp3) is 0.158. The van der Waals surface area contributed by atoms with Crippen LogP contribution in [0.15, 0.2) is 84.9 Å². The lowest BCUT2D eigenvalue weighted by atomic mass is 9.90. The Balaban J connectivity index is 1.66. The molecular weight excluding hydrogens is 805 g/mol. The van der Waals surface area contributed by atoms with Crippen molar-refractivity contribution >= 4 is 52.1 Å². The van der Waals surface area contributed by atoms with Crippen LogP contribution in [0, 0.1) is 10.1 Å². The summed E-state index contributed by atoms with van der Waals surface area (Å²) >= 11 is 0. The lowest BCUT2D eigenvalue weighted by Gasteiger charge is -2.39. The van der Waals surface area contributed by atoms with E-state index in [1.807, 2.05) is 0 Å². The van der Waals surface area contributed by atoms with Gasteiger partial charge in [0, 0.05) is 22.2 Å². The number of aromatic nitrogens is 4. The van der Waals surface area contributed by atoms with Gasteiger partial charge in [-0.05, 0) is 59.7 Å². The molecule has 7 nitrogen and oxygen atoms in total. The fourth-order valence-electron chi connectivity index (χ4n) is 6.46. The average molecular weight is 826 g/mol. The van der Waals surface area contributed by atoms with Crippen LogP contribution in [0.1, 0.15) is 28.3 Å². The monoisotopic (exact) mass is 825 g/mol. The van der Waals surface area contributed by atoms with Gasteiger partial charge in [0.2, 0.25) is 0 Å². The number of benzene rings is 2. The Morgan fingerprint density at radius 2 is 0.828 bits per heavy atom. The van der Waals surface area contributed by atoms with Gasteiger partial charge in [-0.15, -0.1) is 0 Å². The predicted octanol–water partition coefficient (Wildman–Crippen LogP) is 12.1. The van der Waals surface area contributed by atoms with Crippen molar-refractivity contribution in [3.05, 3.63) is 123 Å². The number of hydrogen-bond donors (Lipinski definition) is 2. The lowest BCUT2D eigenvalue weighted by molar-refractivity contribution is -0.441. The van der Waals surface area contributed by atoms with E-state index < -0.39 is 63.0 Å². The fourth-order valence-corrected chi connectivity index (χ4v) is 6.46. The molecule has 20 heteroatoms. The maximum absolute atomic E-state index is 16.5. The highest BCUT2D eigenvalue weighted by atomic mass is 19.4. The van der Waals surface area contributed by atoms with E-state index in [9.17, 15) is 40.8 Å². The standard InChI is InChI=1S/C38H20F13N5O2/c39-33(40,34(41,42)35(43,44)36(45,46)37(47,48)38(49,50)51)31-25-15-11-21(52-25)29(19-7-3-1-4-8-19)23-13-17-27(54-23)32(56(57)58)28-18-14-24(55-28)30(20-9-5-2-6-10-20)22-12-16-26(31)53-22/h1-18,52-53H. The minimum atomic E-state index is -8.13. The van der Waals surface area contributed by atoms with E-state index in [1.54, 1.807) is 12.1 Å². The summed E-state index contributed by atoms with van der Waals surface area (Å²) in [4.78, 5) is 25.1. The van der Waals surface area contributed by atoms with Crippen LogP contribution >= 0.6 is 0 Å². The van der Waals surface area contributed by atoms with E-state index in [1.165, 1.54) is 72.8 Å². The Morgan fingerprint density at radius 1 is 0.466 bits per heavy atom. The van der Waals surface area contributed by atoms with Crippen molar-refractivity contribution in [2.75, 3.05) is 0 Å². The molecule has 2 aromatic carbocycles. The summed E-state index contributed by atoms with van der Waals surface area (Å²) in [6.45, 7) is 0. The third kappa shape index (κ3) is 5.91. The molecule has 2 aliphatic heterocycles. The zero-order valence-electron chi connectivity index (χ0n) is 28.5. The van der Waals surface area contributed by atoms with Crippen LogP contribution in [-0.4, -0.2) is 54.7 Å². The number of halogens is 13. The molecule has 0 aliphatic carbocycles. The Labute approximate surface area is 315 Å². The van der Waals surface area contributed by atoms with Crippen LogP contribution in [0.4, 0.5) is 62.8 Å². The van der Waals surface area contributed by atoms with Crippen molar-refractivity contribution in [2.24, 2.45) is 0 Å². The van der Waals surface area contributed by atoms with E-state index in [-0.39, 0.29) is 56.1 Å². The molecule has 0 unspecified atom stereocenters. The highest BCUT2D eigenvalue weighted by molar-refractivity contribution is 5.95. The third-order valence-electron chi connectivity index (χ3n) is 9.28. The highest BCUT2D eigenvalue weighted by Gasteiger charge is 2.91. The first-order valence-corrected chi connectivity index (χ1v) is 16.4. The lowest BCUT2D eigenvalue weighted by Crippen LogP contribution is -2.69. The van der Waals surface area contributed by atoms with Gasteiger partial charge in [0.1, 0.15) is 11.4 Å². The van der Waals surface area contributed by atoms with E-state index in [0.717, 1.165) is 12.1 Å². The molecule has 8 bridgehead atoms. The van der Waals surface area contributed by atoms with Crippen molar-refractivity contribution in [1.82, 2.24) is 19.9 Å². The largest absolute Gasteiger partial charge is 0.460 e. The zero-order chi connectivity index (χ0) is 42.2. The summed E-state index contributed by atoms with van der Waals surface area (Å²) in [5.41, 5.74) is -6.33. The molecular formula is C38H20F13N5O2. The Bertz CT molecular complexity index is 2550. The summed E-state index contributed by atoms with van der Waals surface area (Å²) in [5, 5.41) is 12.5. The van der Waals surface area contributed by atoms with Gasteiger partial charge in [-0.3, -0.25) is 10.1 Å². The second kappa shape index (κ2) is 13.3. The number of alkyl halides is 13. The highest BCUT2D eigenvalue weighted by Crippen LogP contribution is 2.62. The first kappa shape index (κ1) is 39.8. The van der Waals surface area contributed by atoms with Crippen LogP contribution in [0.5, 0.6) is 0 Å². The van der Waals surface area contributed by atoms with Crippen LogP contribution in [-0.2, 0) is 5.92 Å². The van der Waals surface area contributed by atoms with E-state index in [0.29, 0.717) is 12.1 Å². The Hall–Kier alpha value is -6.47. The minimum Gasteiger partial charge on any atom is -0.354 e. The number of hydrogen-bond acceptors (Lipinski definition) is 4. The molecule has 5 aromatic rings. The second-order valence-electron chi connectivity index (χ2n) is 12.8. The van der Waals surface area contributed by atoms with Crippen molar-refractivity contribution in [2.45, 2.75) is 35.8 Å². The predicted molar refractivity (Wildman–Crippen MR) is 186 cm³/mol. The van der Waals surface area contributed by atoms with Crippen molar-refractivity contribution < 1.29 is 62.0 Å². The molecule has 0 saturated heterocycles. The van der Waals surface area contributed by atoms with Crippen LogP contribution in [0.2, 0.25) is 0 Å². The maximum atomic E-state index is 16.5. The molecule has 0 saturated carbocycles. The number of H-pyrrole nitrogens is 2. The van der Waals surface area contributed by atoms with E-state index in [2.05, 4.69) is 19.9 Å². The molecule has 0 spiro atoms. The maximum Gasteiger partial charge on any atom is 0.460 e. The number of nitro groups is 1. The second-order valence-corrected chi connectivity index (χ2v) is 12.8. The van der Waals surface area contributed by atoms with Crippen molar-refractivity contribution in [3.63, 3.8) is 0 Å². The van der Waals surface area contributed by atoms with Gasteiger partial charge in [-0.1, -0.05) is 60.7 Å². The average Bonchev–Trinajstić information content (AvgIpc) is 3.99. The molecule has 5 heterocycles. The Kier molecular flexibility index (Phi) is 9.12. The molecule has 0 fully saturated rings. The van der Waals surface area contributed by atoms with Gasteiger partial charge in [0.15, 0.2) is 0 Å². The van der Waals surface area contributed by atoms with Crippen molar-refractivity contribution in [1.29, 1.82) is 0 Å². The minimum absolute atomic E-state index is 0.0629. The molecule has 58 heavy (non-hydrogen) atoms. The molecule has 3 aromatic heterocycles. The Morgan fingerprint density at radius 3 is 1.21 bits per heavy atom. The van der Waals surface area contributed by atoms with Gasteiger partial charge in [0.05, 0.1) is 32.9 Å². The number of nitrogens with zero attached hydrogens (tertiary/aromatic N) is 3. The number of aromatic amines is 2. The molecule has 0 atom stereocenters. The van der Waals surface area contributed by atoms with Crippen molar-refractivity contribution in [3.8, 4) is 22.3 Å². The van der Waals surface area contributed by atoms with Gasteiger partial charge in [0.25, 0.3) is 0 Å². The molecule has 7 rings (SSSR count). The van der Waals surface area contributed by atoms with Gasteiger partial charge >= 0.3 is 41.5 Å². The quantitative estimate of drug-likeness (QED) is 0.0905. The number of fused-ring (bicyclic) bond motifs is 8. The molecule has 2 aliphatic rings. The summed E-state index contributed by atoms with van der Waals surface area (Å²) in [5.74, 6) is -38.5. The van der Waals surface area contributed by atoms with Crippen LogP contribution in [0.3, 0.4) is 0 Å². The summed E-state index contributed by atoms with van der Waals surface area (Å²) in [6, 6.07) is 18.0.